The number of hydrogen-bond donors (Lipinski definition) is 1. The Balaban J connectivity index is 2.17. The van der Waals surface area contributed by atoms with E-state index in [0.29, 0.717) is 0 Å². The molecule has 1 N–H and O–H groups in total. The predicted molar refractivity (Wildman–Crippen MR) is 81.3 cm³/mol. The summed E-state index contributed by atoms with van der Waals surface area (Å²) in [4.78, 5) is 0. The molecule has 0 unspecified atom stereocenters. The van der Waals surface area contributed by atoms with E-state index in [1.807, 2.05) is 30.3 Å². The van der Waals surface area contributed by atoms with E-state index in [0.717, 1.165) is 16.7 Å². The highest BCUT2D eigenvalue weighted by atomic mass is 16.3. The predicted octanol–water partition coefficient (Wildman–Crippen LogP) is 4.29. The van der Waals surface area contributed by atoms with Crippen molar-refractivity contribution in [3.63, 3.8) is 0 Å². The van der Waals surface area contributed by atoms with E-state index in [1.54, 1.807) is 12.1 Å². The van der Waals surface area contributed by atoms with E-state index in [1.165, 1.54) is 10.8 Å². The van der Waals surface area contributed by atoms with E-state index in [9.17, 15) is 5.11 Å². The Kier molecular flexibility index (Phi) is 2.30. The van der Waals surface area contributed by atoms with E-state index < -0.39 is 0 Å². The van der Waals surface area contributed by atoms with Crippen LogP contribution in [0.2, 0.25) is 0 Å². The third kappa shape index (κ3) is 1.51. The van der Waals surface area contributed by atoms with Gasteiger partial charge in [-0.3, -0.25) is 0 Å². The van der Waals surface area contributed by atoms with E-state index in [4.69, 9.17) is 0 Å². The van der Waals surface area contributed by atoms with Crippen molar-refractivity contribution in [2.24, 2.45) is 0 Å². The molecule has 0 saturated carbocycles. The summed E-state index contributed by atoms with van der Waals surface area (Å²) in [5.41, 5.74) is 3.35. The molecule has 0 aliphatic rings. The molecule has 0 amide bonds. The van der Waals surface area contributed by atoms with Crippen molar-refractivity contribution >= 4 is 21.8 Å². The number of fused-ring (bicyclic) bond motifs is 3. The molecule has 2 heteroatoms. The monoisotopic (exact) mass is 258 g/mol. The van der Waals surface area contributed by atoms with Gasteiger partial charge in [0.1, 0.15) is 5.75 Å². The van der Waals surface area contributed by atoms with Crippen LogP contribution in [0.5, 0.6) is 5.75 Å². The van der Waals surface area contributed by atoms with Crippen LogP contribution in [0, 0.1) is 6.07 Å². The fraction of sp³-hybridized carbons (Fsp3) is 0. The number of benzene rings is 3. The number of phenolic OH excluding ortho intramolecular Hbond substituents is 1. The molecule has 0 bridgehead atoms. The highest BCUT2D eigenvalue weighted by molar-refractivity contribution is 6.09. The molecule has 2 nitrogen and oxygen atoms in total. The van der Waals surface area contributed by atoms with Gasteiger partial charge >= 0.3 is 0 Å². The molecule has 3 aromatic carbocycles. The average Bonchev–Trinajstić information content (AvgIpc) is 2.83. The molecule has 1 heterocycles. The molecule has 4 rings (SSSR count). The first-order valence-electron chi connectivity index (χ1n) is 6.53. The molecule has 95 valence electrons. The molecule has 1 radical (unpaired) electrons. The van der Waals surface area contributed by atoms with Crippen LogP contribution in [-0.4, -0.2) is 9.67 Å². The minimum atomic E-state index is 0.280. The van der Waals surface area contributed by atoms with Gasteiger partial charge in [0.05, 0.1) is 11.0 Å². The van der Waals surface area contributed by atoms with Crippen molar-refractivity contribution in [1.29, 1.82) is 0 Å². The van der Waals surface area contributed by atoms with Crippen LogP contribution in [0.4, 0.5) is 0 Å². The first kappa shape index (κ1) is 11.1. The quantitative estimate of drug-likeness (QED) is 0.541. The van der Waals surface area contributed by atoms with Crippen molar-refractivity contribution < 1.29 is 5.11 Å². The lowest BCUT2D eigenvalue weighted by atomic mass is 10.2. The Labute approximate surface area is 116 Å². The maximum Gasteiger partial charge on any atom is 0.115 e. The van der Waals surface area contributed by atoms with Gasteiger partial charge in [-0.25, -0.2) is 0 Å². The molecule has 0 aliphatic carbocycles. The molecular weight excluding hydrogens is 246 g/mol. The van der Waals surface area contributed by atoms with Crippen molar-refractivity contribution in [3.8, 4) is 11.4 Å². The standard InChI is InChI=1S/C18H12NO/c20-14-11-9-13(10-12-14)19-17-7-3-1-5-15(17)16-6-2-4-8-18(16)19/h1,3-12,20H. The van der Waals surface area contributed by atoms with Gasteiger partial charge in [0, 0.05) is 16.5 Å². The SMILES string of the molecule is Oc1ccc(-n2c3cc[c]cc3c3ccccc32)cc1. The molecule has 0 fully saturated rings. The largest absolute Gasteiger partial charge is 0.508 e. The second-order valence-corrected chi connectivity index (χ2v) is 4.81. The van der Waals surface area contributed by atoms with E-state index in [2.05, 4.69) is 34.9 Å². The molecule has 4 aromatic rings. The normalized spacial score (nSPS) is 11.2. The lowest BCUT2D eigenvalue weighted by Crippen LogP contribution is -1.92. The second-order valence-electron chi connectivity index (χ2n) is 4.81. The Morgan fingerprint density at radius 3 is 2.40 bits per heavy atom. The number of hydrogen-bond acceptors (Lipinski definition) is 1. The van der Waals surface area contributed by atoms with Crippen LogP contribution in [0.25, 0.3) is 27.5 Å². The summed E-state index contributed by atoms with van der Waals surface area (Å²) in [5, 5.41) is 11.9. The lowest BCUT2D eigenvalue weighted by molar-refractivity contribution is 0.475. The average molecular weight is 258 g/mol. The summed E-state index contributed by atoms with van der Waals surface area (Å²) >= 11 is 0. The summed E-state index contributed by atoms with van der Waals surface area (Å²) in [5.74, 6) is 0.280. The minimum absolute atomic E-state index is 0.280. The molecular formula is C18H12NO. The minimum Gasteiger partial charge on any atom is -0.508 e. The molecule has 20 heavy (non-hydrogen) atoms. The van der Waals surface area contributed by atoms with Crippen LogP contribution in [-0.2, 0) is 0 Å². The first-order chi connectivity index (χ1) is 9.84. The molecule has 0 saturated heterocycles. The van der Waals surface area contributed by atoms with Gasteiger partial charge in [0.2, 0.25) is 0 Å². The van der Waals surface area contributed by atoms with Gasteiger partial charge in [-0.2, -0.15) is 0 Å². The molecule has 0 spiro atoms. The van der Waals surface area contributed by atoms with Crippen molar-refractivity contribution in [1.82, 2.24) is 4.57 Å². The molecule has 0 atom stereocenters. The number of aromatic hydroxyl groups is 1. The van der Waals surface area contributed by atoms with Crippen LogP contribution in [0.3, 0.4) is 0 Å². The van der Waals surface area contributed by atoms with Crippen molar-refractivity contribution in [2.75, 3.05) is 0 Å². The zero-order valence-electron chi connectivity index (χ0n) is 10.7. The van der Waals surface area contributed by atoms with E-state index >= 15 is 0 Å². The Morgan fingerprint density at radius 1 is 0.800 bits per heavy atom. The lowest BCUT2D eigenvalue weighted by Gasteiger charge is -2.07. The first-order valence-corrected chi connectivity index (χ1v) is 6.53. The Hall–Kier alpha value is -2.74. The highest BCUT2D eigenvalue weighted by Gasteiger charge is 2.10. The van der Waals surface area contributed by atoms with Gasteiger partial charge in [0.25, 0.3) is 0 Å². The van der Waals surface area contributed by atoms with Gasteiger partial charge in [-0.15, -0.1) is 0 Å². The fourth-order valence-corrected chi connectivity index (χ4v) is 2.74. The second kappa shape index (κ2) is 4.14. The third-order valence-corrected chi connectivity index (χ3v) is 3.62. The summed E-state index contributed by atoms with van der Waals surface area (Å²) < 4.78 is 2.21. The zero-order valence-corrected chi connectivity index (χ0v) is 10.7. The summed E-state index contributed by atoms with van der Waals surface area (Å²) in [7, 11) is 0. The van der Waals surface area contributed by atoms with Crippen LogP contribution >= 0.6 is 0 Å². The Bertz CT molecular complexity index is 850. The smallest absolute Gasteiger partial charge is 0.115 e. The number of para-hydroxylation sites is 1. The van der Waals surface area contributed by atoms with Crippen molar-refractivity contribution in [2.45, 2.75) is 0 Å². The zero-order chi connectivity index (χ0) is 13.5. The van der Waals surface area contributed by atoms with Crippen LogP contribution < -0.4 is 0 Å². The maximum absolute atomic E-state index is 9.47. The number of phenols is 1. The molecule has 0 aliphatic heterocycles. The maximum atomic E-state index is 9.47. The summed E-state index contributed by atoms with van der Waals surface area (Å²) in [6.45, 7) is 0. The van der Waals surface area contributed by atoms with Gasteiger partial charge in [-0.05, 0) is 48.5 Å². The highest BCUT2D eigenvalue weighted by Crippen LogP contribution is 2.31. The molecule has 1 aromatic heterocycles. The van der Waals surface area contributed by atoms with Crippen molar-refractivity contribution in [3.05, 3.63) is 72.8 Å². The van der Waals surface area contributed by atoms with Gasteiger partial charge in [0.15, 0.2) is 0 Å². The summed E-state index contributed by atoms with van der Waals surface area (Å²) in [6.07, 6.45) is 0. The van der Waals surface area contributed by atoms with Gasteiger partial charge < -0.3 is 9.67 Å². The number of nitrogens with zero attached hydrogens (tertiary/aromatic N) is 1. The Morgan fingerprint density at radius 2 is 1.55 bits per heavy atom. The van der Waals surface area contributed by atoms with Crippen LogP contribution in [0.1, 0.15) is 0 Å². The van der Waals surface area contributed by atoms with Gasteiger partial charge in [-0.1, -0.05) is 24.3 Å². The van der Waals surface area contributed by atoms with E-state index in [-0.39, 0.29) is 5.75 Å². The topological polar surface area (TPSA) is 25.2 Å². The number of aromatic nitrogens is 1. The third-order valence-electron chi connectivity index (χ3n) is 3.62. The number of rotatable bonds is 1. The fourth-order valence-electron chi connectivity index (χ4n) is 2.74. The van der Waals surface area contributed by atoms with Crippen LogP contribution in [0.15, 0.2) is 66.7 Å². The summed E-state index contributed by atoms with van der Waals surface area (Å²) in [6, 6.07) is 24.8.